The summed E-state index contributed by atoms with van der Waals surface area (Å²) in [6.07, 6.45) is 4.39. The molecule has 6 heteroatoms. The zero-order chi connectivity index (χ0) is 15.4. The van der Waals surface area contributed by atoms with Crippen molar-refractivity contribution < 1.29 is 19.1 Å². The first-order valence-electron chi connectivity index (χ1n) is 8.50. The molecule has 0 bridgehead atoms. The van der Waals surface area contributed by atoms with Crippen LogP contribution in [0.5, 0.6) is 0 Å². The summed E-state index contributed by atoms with van der Waals surface area (Å²) >= 11 is 0. The van der Waals surface area contributed by atoms with Gasteiger partial charge in [0.15, 0.2) is 6.10 Å². The lowest BCUT2D eigenvalue weighted by atomic mass is 9.95. The van der Waals surface area contributed by atoms with Crippen molar-refractivity contribution in [2.45, 2.75) is 38.2 Å². The highest BCUT2D eigenvalue weighted by molar-refractivity contribution is 5.81. The number of carbonyl (C=O) groups excluding carboxylic acids is 2. The predicted octanol–water partition coefficient (Wildman–Crippen LogP) is 0.653. The zero-order valence-corrected chi connectivity index (χ0v) is 13.2. The Morgan fingerprint density at radius 2 is 1.95 bits per heavy atom. The topological polar surface area (TPSA) is 59.1 Å². The number of hydrogen-bond acceptors (Lipinski definition) is 4. The van der Waals surface area contributed by atoms with E-state index in [1.165, 1.54) is 0 Å². The van der Waals surface area contributed by atoms with Gasteiger partial charge in [-0.05, 0) is 31.6 Å². The Bertz CT molecular complexity index is 401. The fourth-order valence-electron chi connectivity index (χ4n) is 3.54. The minimum atomic E-state index is -0.422. The van der Waals surface area contributed by atoms with Crippen molar-refractivity contribution in [1.82, 2.24) is 9.80 Å². The summed E-state index contributed by atoms with van der Waals surface area (Å²) in [5.41, 5.74) is 0. The molecule has 0 N–H and O–H groups in total. The van der Waals surface area contributed by atoms with Crippen LogP contribution in [0.3, 0.4) is 0 Å². The van der Waals surface area contributed by atoms with Gasteiger partial charge >= 0.3 is 0 Å². The molecule has 124 valence electrons. The number of amides is 2. The highest BCUT2D eigenvalue weighted by atomic mass is 16.6. The van der Waals surface area contributed by atoms with Crippen molar-refractivity contribution in [2.24, 2.45) is 5.92 Å². The summed E-state index contributed by atoms with van der Waals surface area (Å²) < 4.78 is 10.8. The lowest BCUT2D eigenvalue weighted by Crippen LogP contribution is -2.49. The molecule has 0 aromatic carbocycles. The van der Waals surface area contributed by atoms with Crippen LogP contribution < -0.4 is 0 Å². The van der Waals surface area contributed by atoms with E-state index >= 15 is 0 Å². The predicted molar refractivity (Wildman–Crippen MR) is 80.3 cm³/mol. The van der Waals surface area contributed by atoms with Crippen LogP contribution in [0.2, 0.25) is 0 Å². The minimum absolute atomic E-state index is 0.0622. The van der Waals surface area contributed by atoms with Gasteiger partial charge in [-0.15, -0.1) is 0 Å². The van der Waals surface area contributed by atoms with E-state index in [0.717, 1.165) is 51.9 Å². The van der Waals surface area contributed by atoms with Gasteiger partial charge < -0.3 is 19.3 Å². The van der Waals surface area contributed by atoms with Crippen LogP contribution in [0.1, 0.15) is 32.1 Å². The molecule has 3 saturated heterocycles. The molecule has 1 atom stereocenters. The second-order valence-electron chi connectivity index (χ2n) is 6.50. The van der Waals surface area contributed by atoms with E-state index in [-0.39, 0.29) is 5.91 Å². The van der Waals surface area contributed by atoms with Crippen LogP contribution in [0, 0.1) is 5.92 Å². The van der Waals surface area contributed by atoms with Crippen molar-refractivity contribution >= 4 is 11.8 Å². The molecule has 0 radical (unpaired) electrons. The van der Waals surface area contributed by atoms with Crippen LogP contribution in [0.15, 0.2) is 0 Å². The van der Waals surface area contributed by atoms with Crippen molar-refractivity contribution in [3.8, 4) is 0 Å². The molecule has 3 heterocycles. The molecule has 0 aromatic heterocycles. The zero-order valence-electron chi connectivity index (χ0n) is 13.2. The third-order valence-corrected chi connectivity index (χ3v) is 4.92. The third kappa shape index (κ3) is 3.79. The van der Waals surface area contributed by atoms with Gasteiger partial charge in [-0.3, -0.25) is 9.59 Å². The molecule has 0 aliphatic carbocycles. The van der Waals surface area contributed by atoms with E-state index < -0.39 is 6.10 Å². The number of hydrogen-bond donors (Lipinski definition) is 0. The maximum Gasteiger partial charge on any atom is 0.254 e. The van der Waals surface area contributed by atoms with Gasteiger partial charge in [0.05, 0.1) is 19.8 Å². The van der Waals surface area contributed by atoms with Crippen molar-refractivity contribution in [3.05, 3.63) is 0 Å². The number of piperidine rings is 2. The quantitative estimate of drug-likeness (QED) is 0.768. The number of carbonyl (C=O) groups is 2. The van der Waals surface area contributed by atoms with E-state index in [9.17, 15) is 9.59 Å². The van der Waals surface area contributed by atoms with Crippen molar-refractivity contribution in [1.29, 1.82) is 0 Å². The van der Waals surface area contributed by atoms with Crippen molar-refractivity contribution in [2.75, 3.05) is 46.0 Å². The average molecular weight is 310 g/mol. The van der Waals surface area contributed by atoms with E-state index in [1.54, 1.807) is 0 Å². The summed E-state index contributed by atoms with van der Waals surface area (Å²) in [6.45, 7) is 4.77. The smallest absolute Gasteiger partial charge is 0.254 e. The standard InChI is InChI=1S/C16H26N2O4/c19-15-3-1-2-6-18(15)11-13-4-7-17(8-5-13)16(20)14-12-21-9-10-22-14/h13-14H,1-12H2. The first-order valence-corrected chi connectivity index (χ1v) is 8.50. The number of nitrogens with zero attached hydrogens (tertiary/aromatic N) is 2. The second kappa shape index (κ2) is 7.42. The van der Waals surface area contributed by atoms with Crippen LogP contribution in [-0.4, -0.2) is 73.7 Å². The Kier molecular flexibility index (Phi) is 5.31. The molecule has 6 nitrogen and oxygen atoms in total. The van der Waals surface area contributed by atoms with Gasteiger partial charge in [-0.1, -0.05) is 0 Å². The number of ether oxygens (including phenoxy) is 2. The molecule has 22 heavy (non-hydrogen) atoms. The van der Waals surface area contributed by atoms with Crippen LogP contribution >= 0.6 is 0 Å². The van der Waals surface area contributed by atoms with E-state index in [2.05, 4.69) is 0 Å². The molecular formula is C16H26N2O4. The summed E-state index contributed by atoms with van der Waals surface area (Å²) in [5.74, 6) is 0.888. The first kappa shape index (κ1) is 15.7. The summed E-state index contributed by atoms with van der Waals surface area (Å²) in [6, 6.07) is 0. The highest BCUT2D eigenvalue weighted by Crippen LogP contribution is 2.22. The van der Waals surface area contributed by atoms with Gasteiger partial charge in [0.2, 0.25) is 5.91 Å². The lowest BCUT2D eigenvalue weighted by Gasteiger charge is -2.37. The minimum Gasteiger partial charge on any atom is -0.376 e. The van der Waals surface area contributed by atoms with Gasteiger partial charge in [0, 0.05) is 32.6 Å². The fraction of sp³-hybridized carbons (Fsp3) is 0.875. The molecule has 3 aliphatic rings. The monoisotopic (exact) mass is 310 g/mol. The molecule has 0 aromatic rings. The van der Waals surface area contributed by atoms with Crippen LogP contribution in [0.4, 0.5) is 0 Å². The number of rotatable bonds is 3. The van der Waals surface area contributed by atoms with Gasteiger partial charge in [0.1, 0.15) is 0 Å². The summed E-state index contributed by atoms with van der Waals surface area (Å²) in [5, 5.41) is 0. The SMILES string of the molecule is O=C1CCCCN1CC1CCN(C(=O)C2COCCO2)CC1. The van der Waals surface area contributed by atoms with Crippen LogP contribution in [-0.2, 0) is 19.1 Å². The first-order chi connectivity index (χ1) is 10.7. The van der Waals surface area contributed by atoms with Gasteiger partial charge in [-0.2, -0.15) is 0 Å². The summed E-state index contributed by atoms with van der Waals surface area (Å²) in [4.78, 5) is 28.2. The van der Waals surface area contributed by atoms with Gasteiger partial charge in [-0.25, -0.2) is 0 Å². The van der Waals surface area contributed by atoms with E-state index in [4.69, 9.17) is 9.47 Å². The number of likely N-dealkylation sites (tertiary alicyclic amines) is 2. The Labute approximate surface area is 131 Å². The Morgan fingerprint density at radius 3 is 2.64 bits per heavy atom. The molecule has 2 amide bonds. The molecule has 3 rings (SSSR count). The van der Waals surface area contributed by atoms with Gasteiger partial charge in [0.25, 0.3) is 5.91 Å². The normalized spacial score (nSPS) is 28.0. The molecular weight excluding hydrogens is 284 g/mol. The maximum absolute atomic E-state index is 12.4. The maximum atomic E-state index is 12.4. The average Bonchev–Trinajstić information content (AvgIpc) is 2.58. The lowest BCUT2D eigenvalue weighted by molar-refractivity contribution is -0.159. The summed E-state index contributed by atoms with van der Waals surface area (Å²) in [7, 11) is 0. The Balaban J connectivity index is 1.43. The molecule has 3 aliphatic heterocycles. The largest absolute Gasteiger partial charge is 0.376 e. The molecule has 1 unspecified atom stereocenters. The third-order valence-electron chi connectivity index (χ3n) is 4.92. The Hall–Kier alpha value is -1.14. The van der Waals surface area contributed by atoms with Crippen LogP contribution in [0.25, 0.3) is 0 Å². The van der Waals surface area contributed by atoms with E-state index in [0.29, 0.717) is 38.1 Å². The second-order valence-corrected chi connectivity index (χ2v) is 6.50. The van der Waals surface area contributed by atoms with Crippen molar-refractivity contribution in [3.63, 3.8) is 0 Å². The molecule has 3 fully saturated rings. The molecule has 0 saturated carbocycles. The highest BCUT2D eigenvalue weighted by Gasteiger charge is 2.31. The Morgan fingerprint density at radius 1 is 1.14 bits per heavy atom. The van der Waals surface area contributed by atoms with E-state index in [1.807, 2.05) is 9.80 Å². The fourth-order valence-corrected chi connectivity index (χ4v) is 3.54. The molecule has 0 spiro atoms.